The van der Waals surface area contributed by atoms with Crippen LogP contribution in [0.3, 0.4) is 0 Å². The predicted molar refractivity (Wildman–Crippen MR) is 357 cm³/mol. The van der Waals surface area contributed by atoms with E-state index in [0.717, 1.165) is 10.9 Å². The van der Waals surface area contributed by atoms with Crippen molar-refractivity contribution in [2.75, 3.05) is 32.7 Å². The van der Waals surface area contributed by atoms with Crippen LogP contribution in [0.2, 0.25) is 0 Å². The summed E-state index contributed by atoms with van der Waals surface area (Å²) in [4.78, 5) is 179. The number of aliphatic carboxylic acids is 1. The molecule has 23 N–H and O–H groups in total. The van der Waals surface area contributed by atoms with E-state index in [4.69, 9.17) is 28.7 Å². The number of fused-ring (bicyclic) bond motifs is 1. The van der Waals surface area contributed by atoms with Crippen molar-refractivity contribution < 1.29 is 67.4 Å². The Morgan fingerprint density at radius 3 is 1.44 bits per heavy atom. The number of carbonyl (C=O) groups is 13. The average Bonchev–Trinajstić information content (AvgIpc) is 1.83. The number of para-hydroxylation sites is 1. The van der Waals surface area contributed by atoms with Crippen molar-refractivity contribution in [1.82, 2.24) is 63.5 Å². The van der Waals surface area contributed by atoms with Crippen LogP contribution in [-0.2, 0) is 68.7 Å². The van der Waals surface area contributed by atoms with Crippen molar-refractivity contribution in [1.29, 1.82) is 0 Å². The first-order valence-corrected chi connectivity index (χ1v) is 33.2. The summed E-state index contributed by atoms with van der Waals surface area (Å²) in [5, 5.41) is 38.9. The third-order valence-corrected chi connectivity index (χ3v) is 16.6. The van der Waals surface area contributed by atoms with Crippen molar-refractivity contribution in [3.63, 3.8) is 0 Å². The van der Waals surface area contributed by atoms with E-state index in [1.54, 1.807) is 72.9 Å². The number of carboxylic acid groups (broad SMARTS) is 1. The Kier molecular flexibility index (Phi) is 38.0. The van der Waals surface area contributed by atoms with Gasteiger partial charge in [0.15, 0.2) is 0 Å². The Morgan fingerprint density at radius 2 is 0.916 bits per heavy atom. The molecule has 0 aliphatic heterocycles. The molecule has 31 heteroatoms. The van der Waals surface area contributed by atoms with Crippen LogP contribution in [-0.4, -0.2) is 180 Å². The lowest BCUT2D eigenvalue weighted by molar-refractivity contribution is -0.142. The zero-order chi connectivity index (χ0) is 71.5. The van der Waals surface area contributed by atoms with E-state index in [9.17, 15) is 67.4 Å². The van der Waals surface area contributed by atoms with E-state index in [0.29, 0.717) is 69.9 Å². The lowest BCUT2D eigenvalue weighted by atomic mass is 9.96. The van der Waals surface area contributed by atoms with Crippen molar-refractivity contribution >= 4 is 87.8 Å². The molecule has 2 rings (SSSR count). The molecule has 2 aromatic rings. The topological polar surface area (TPSA) is 520 Å². The van der Waals surface area contributed by atoms with Crippen LogP contribution in [0.25, 0.3) is 10.9 Å². The van der Waals surface area contributed by atoms with Gasteiger partial charge in [-0.2, -0.15) is 0 Å². The fourth-order valence-corrected chi connectivity index (χ4v) is 10.1. The predicted octanol–water partition coefficient (Wildman–Crippen LogP) is -1.82. The van der Waals surface area contributed by atoms with Gasteiger partial charge in [-0.05, 0) is 126 Å². The van der Waals surface area contributed by atoms with Crippen molar-refractivity contribution in [2.45, 2.75) is 219 Å². The monoisotopic (exact) mass is 1340 g/mol. The van der Waals surface area contributed by atoms with E-state index >= 15 is 0 Å². The number of hydrogen-bond acceptors (Lipinski definition) is 17. The first-order chi connectivity index (χ1) is 45.0. The highest BCUT2D eigenvalue weighted by Crippen LogP contribution is 2.20. The molecule has 1 aromatic carbocycles. The highest BCUT2D eigenvalue weighted by molar-refractivity contribution is 6.00. The van der Waals surface area contributed by atoms with E-state index in [1.807, 2.05) is 13.0 Å². The number of aromatic nitrogens is 1. The molecule has 13 atom stereocenters. The quantitative estimate of drug-likeness (QED) is 0.0325. The Balaban J connectivity index is 2.32. The molecule has 95 heavy (non-hydrogen) atoms. The molecule has 0 aliphatic carbocycles. The van der Waals surface area contributed by atoms with Crippen LogP contribution >= 0.6 is 0 Å². The molecule has 1 heterocycles. The summed E-state index contributed by atoms with van der Waals surface area (Å²) >= 11 is 0. The molecule has 12 amide bonds. The zero-order valence-corrected chi connectivity index (χ0v) is 56.8. The molecule has 1 aromatic heterocycles. The fourth-order valence-electron chi connectivity index (χ4n) is 10.1. The van der Waals surface area contributed by atoms with Gasteiger partial charge in [0, 0.05) is 23.5 Å². The van der Waals surface area contributed by atoms with E-state index < -0.39 is 169 Å². The second-order valence-corrected chi connectivity index (χ2v) is 24.9. The maximum Gasteiger partial charge on any atom is 0.326 e. The number of rotatable bonds is 47. The summed E-state index contributed by atoms with van der Waals surface area (Å²) in [6.07, 6.45) is 5.13. The van der Waals surface area contributed by atoms with Gasteiger partial charge >= 0.3 is 5.97 Å². The number of H-pyrrole nitrogens is 1. The molecule has 0 unspecified atom stereocenters. The average molecular weight is 1340 g/mol. The van der Waals surface area contributed by atoms with Gasteiger partial charge < -0.3 is 97.2 Å². The van der Waals surface area contributed by atoms with Crippen LogP contribution in [0.5, 0.6) is 0 Å². The SMILES string of the molecule is CC[C@H](C)[C@H](N)C(=O)N[C@@H](CC(N)=O)C(=O)N[C@@H](Cc1c[nH]c2ccccc12)C(=O)N[C@@H](CCCCN)C(=O)N[C@@H](C)C(=O)N[C@H](C(=O)N[C@@H](CC(C)C)C(=O)NCC(=O)N[C@@H](CCCCN)C(=O)N[C@H](C(=O)NCC(=O)N[C@@H](CCCCN)C(=O)O)[C@@H](C)CC)[C@@H](C)CC. The number of aromatic amines is 1. The Morgan fingerprint density at radius 1 is 0.474 bits per heavy atom. The number of nitrogens with two attached hydrogens (primary N) is 5. The number of amides is 12. The molecule has 0 fully saturated rings. The Labute approximate surface area is 556 Å². The Hall–Kier alpha value is -8.29. The van der Waals surface area contributed by atoms with Crippen molar-refractivity contribution in [2.24, 2.45) is 52.3 Å². The lowest BCUT2D eigenvalue weighted by Gasteiger charge is -2.29. The summed E-state index contributed by atoms with van der Waals surface area (Å²) in [6, 6.07) is -5.57. The lowest BCUT2D eigenvalue weighted by Crippen LogP contribution is -2.61. The molecule has 0 saturated heterocycles. The minimum atomic E-state index is -1.53. The standard InChI is InChI=1S/C64H109N17O14/c1-10-36(6)52(69)61(91)78-48(31-49(68)82)60(90)77-47(30-40-32-70-42-22-14-13-21-41(40)42)59(89)76-44(24-16-19-27-66)57(87)73-39(9)55(85)80-54(38(8)12-3)63(93)79-46(29-35(4)5)56(86)71-33-50(83)74-43(23-15-18-26-65)58(88)81-53(37(7)11-2)62(92)72-34-51(84)75-45(64(94)95)25-17-20-28-67/h13-14,21-22,32,35-39,43-48,52-54,70H,10-12,15-20,23-31,33-34,65-67,69H2,1-9H3,(H2,68,82)(H,71,86)(H,72,92)(H,73,87)(H,74,83)(H,75,84)(H,76,89)(H,77,90)(H,78,91)(H,79,93)(H,80,85)(H,81,88)(H,94,95)/t36-,37-,38-,39-,43-,44-,45-,46-,47-,48-,52-,53-,54-/m0/s1. The van der Waals surface area contributed by atoms with E-state index in [-0.39, 0.29) is 57.0 Å². The highest BCUT2D eigenvalue weighted by Gasteiger charge is 2.37. The molecule has 534 valence electrons. The zero-order valence-electron chi connectivity index (χ0n) is 56.8. The summed E-state index contributed by atoms with van der Waals surface area (Å²) < 4.78 is 0. The largest absolute Gasteiger partial charge is 0.480 e. The van der Waals surface area contributed by atoms with Gasteiger partial charge in [0.25, 0.3) is 0 Å². The minimum Gasteiger partial charge on any atom is -0.480 e. The van der Waals surface area contributed by atoms with Crippen LogP contribution < -0.4 is 87.2 Å². The Bertz CT molecular complexity index is 2860. The smallest absolute Gasteiger partial charge is 0.326 e. The second-order valence-electron chi connectivity index (χ2n) is 24.9. The molecule has 0 spiro atoms. The maximum atomic E-state index is 14.5. The van der Waals surface area contributed by atoms with E-state index in [1.165, 1.54) is 6.92 Å². The number of benzene rings is 1. The number of nitrogens with one attached hydrogen (secondary N) is 12. The first-order valence-electron chi connectivity index (χ1n) is 33.2. The van der Waals surface area contributed by atoms with Crippen molar-refractivity contribution in [3.8, 4) is 0 Å². The molecular weight excluding hydrogens is 1230 g/mol. The van der Waals surface area contributed by atoms with Gasteiger partial charge in [0.05, 0.1) is 25.6 Å². The van der Waals surface area contributed by atoms with Crippen LogP contribution in [0, 0.1) is 23.7 Å². The molecule has 0 saturated carbocycles. The van der Waals surface area contributed by atoms with Crippen molar-refractivity contribution in [3.05, 3.63) is 36.0 Å². The second kappa shape index (κ2) is 43.6. The van der Waals surface area contributed by atoms with Gasteiger partial charge in [-0.15, -0.1) is 0 Å². The molecule has 0 radical (unpaired) electrons. The van der Waals surface area contributed by atoms with Crippen LogP contribution in [0.4, 0.5) is 0 Å². The van der Waals surface area contributed by atoms with Gasteiger partial charge in [-0.3, -0.25) is 57.5 Å². The van der Waals surface area contributed by atoms with Gasteiger partial charge in [-0.1, -0.05) is 92.9 Å². The third kappa shape index (κ3) is 29.5. The number of carbonyl (C=O) groups excluding carboxylic acids is 12. The molecular formula is C64H109N17O14. The molecule has 0 aliphatic rings. The third-order valence-electron chi connectivity index (χ3n) is 16.6. The molecule has 31 nitrogen and oxygen atoms in total. The van der Waals surface area contributed by atoms with Gasteiger partial charge in [0.1, 0.15) is 54.4 Å². The number of primary amides is 1. The van der Waals surface area contributed by atoms with E-state index in [2.05, 4.69) is 63.5 Å². The summed E-state index contributed by atoms with van der Waals surface area (Å²) in [6.45, 7) is 15.1. The number of hydrogen-bond donors (Lipinski definition) is 18. The summed E-state index contributed by atoms with van der Waals surface area (Å²) in [7, 11) is 0. The molecule has 0 bridgehead atoms. The van der Waals surface area contributed by atoms with Gasteiger partial charge in [0.2, 0.25) is 70.9 Å². The minimum absolute atomic E-state index is 0.0228. The normalized spacial score (nSPS) is 15.4. The number of carboxylic acids is 1. The van der Waals surface area contributed by atoms with Crippen LogP contribution in [0.15, 0.2) is 30.5 Å². The first kappa shape index (κ1) is 82.8. The summed E-state index contributed by atoms with van der Waals surface area (Å²) in [5.41, 5.74) is 30.0. The fraction of sp³-hybridized carbons (Fsp3) is 0.672. The highest BCUT2D eigenvalue weighted by atomic mass is 16.4. The summed E-state index contributed by atoms with van der Waals surface area (Å²) in [5.74, 6) is -12.3. The van der Waals surface area contributed by atoms with Gasteiger partial charge in [-0.25, -0.2) is 4.79 Å². The van der Waals surface area contributed by atoms with Crippen LogP contribution in [0.1, 0.15) is 158 Å². The number of unbranched alkanes of at least 4 members (excludes halogenated alkanes) is 3. The maximum absolute atomic E-state index is 14.5.